The third kappa shape index (κ3) is 2.09. The molecule has 0 heterocycles. The number of hydrogen-bond acceptors (Lipinski definition) is 2. The van der Waals surface area contributed by atoms with Crippen LogP contribution in [0.15, 0.2) is 30.3 Å². The van der Waals surface area contributed by atoms with Crippen LogP contribution in [0, 0.1) is 0 Å². The first kappa shape index (κ1) is 13.8. The molecule has 1 rings (SSSR count). The van der Waals surface area contributed by atoms with Crippen LogP contribution in [-0.2, 0) is 14.5 Å². The van der Waals surface area contributed by atoms with Crippen molar-refractivity contribution in [1.29, 1.82) is 0 Å². The minimum absolute atomic E-state index is 0.629. The topological polar surface area (TPSA) is 94.8 Å². The summed E-state index contributed by atoms with van der Waals surface area (Å²) < 4.78 is 37.0. The van der Waals surface area contributed by atoms with E-state index in [0.29, 0.717) is 0 Å². The van der Waals surface area contributed by atoms with Gasteiger partial charge < -0.3 is 14.9 Å². The monoisotopic (exact) mass is 266 g/mol. The van der Waals surface area contributed by atoms with Crippen molar-refractivity contribution >= 4 is 13.6 Å². The van der Waals surface area contributed by atoms with Gasteiger partial charge >= 0.3 is 13.6 Å². The zero-order valence-corrected chi connectivity index (χ0v) is 9.22. The summed E-state index contributed by atoms with van der Waals surface area (Å²) >= 11 is 0. The molecule has 0 aromatic heterocycles. The Balaban J connectivity index is 3.60. The summed E-state index contributed by atoms with van der Waals surface area (Å²) in [6.45, 7) is 0. The summed E-state index contributed by atoms with van der Waals surface area (Å²) in [4.78, 5) is 28.9. The lowest BCUT2D eigenvalue weighted by Crippen LogP contribution is -2.42. The molecule has 0 saturated heterocycles. The molecule has 0 radical (unpaired) electrons. The molecular weight excluding hydrogens is 257 g/mol. The molecule has 94 valence electrons. The molecule has 1 unspecified atom stereocenters. The summed E-state index contributed by atoms with van der Waals surface area (Å²) in [7, 11) is -5.59. The largest absolute Gasteiger partial charge is 0.480 e. The predicted molar refractivity (Wildman–Crippen MR) is 53.8 cm³/mol. The molecule has 5 nitrogen and oxygen atoms in total. The maximum atomic E-state index is 12.9. The van der Waals surface area contributed by atoms with Gasteiger partial charge in [0.15, 0.2) is 0 Å². The molecular formula is C9H9F2O5P. The predicted octanol–water partition coefficient (Wildman–Crippen LogP) is 1.41. The Kier molecular flexibility index (Phi) is 3.66. The summed E-state index contributed by atoms with van der Waals surface area (Å²) in [5.41, 5.74) is -0.629. The smallest absolute Gasteiger partial charge is 0.353 e. The molecule has 1 aromatic carbocycles. The molecule has 8 heteroatoms. The highest BCUT2D eigenvalue weighted by Gasteiger charge is 2.62. The minimum atomic E-state index is -5.59. The fourth-order valence-corrected chi connectivity index (χ4v) is 2.44. The van der Waals surface area contributed by atoms with Crippen molar-refractivity contribution < 1.29 is 33.0 Å². The zero-order chi connectivity index (χ0) is 13.3. The van der Waals surface area contributed by atoms with E-state index < -0.39 is 30.7 Å². The van der Waals surface area contributed by atoms with Crippen LogP contribution < -0.4 is 0 Å². The van der Waals surface area contributed by atoms with Crippen molar-refractivity contribution in [3.05, 3.63) is 35.9 Å². The Bertz CT molecular complexity index is 458. The summed E-state index contributed by atoms with van der Waals surface area (Å²) in [6.07, 6.45) is -3.73. The Morgan fingerprint density at radius 2 is 1.71 bits per heavy atom. The quantitative estimate of drug-likeness (QED) is 0.716. The first-order chi connectivity index (χ1) is 7.74. The van der Waals surface area contributed by atoms with Crippen molar-refractivity contribution in [2.24, 2.45) is 0 Å². The highest BCUT2D eigenvalue weighted by molar-refractivity contribution is 7.54. The molecule has 3 N–H and O–H groups in total. The van der Waals surface area contributed by atoms with E-state index in [-0.39, 0.29) is 0 Å². The van der Waals surface area contributed by atoms with E-state index in [9.17, 15) is 18.1 Å². The van der Waals surface area contributed by atoms with E-state index in [1.54, 1.807) is 0 Å². The second kappa shape index (κ2) is 4.52. The second-order valence-corrected chi connectivity index (χ2v) is 5.08. The van der Waals surface area contributed by atoms with Gasteiger partial charge in [-0.2, -0.15) is 0 Å². The summed E-state index contributed by atoms with van der Waals surface area (Å²) in [5, 5.41) is 5.29. The van der Waals surface area contributed by atoms with Gasteiger partial charge in [0.2, 0.25) is 0 Å². The molecule has 0 spiro atoms. The average Bonchev–Trinajstić information content (AvgIpc) is 2.16. The van der Waals surface area contributed by atoms with Crippen LogP contribution in [0.4, 0.5) is 8.78 Å². The maximum Gasteiger partial charge on any atom is 0.353 e. The molecule has 17 heavy (non-hydrogen) atoms. The minimum Gasteiger partial charge on any atom is -0.480 e. The summed E-state index contributed by atoms with van der Waals surface area (Å²) in [5.74, 6) is -2.26. The number of carboxylic acid groups (broad SMARTS) is 1. The Labute approximate surface area is 94.9 Å². The molecule has 0 bridgehead atoms. The van der Waals surface area contributed by atoms with Gasteiger partial charge in [0.05, 0.1) is 0 Å². The van der Waals surface area contributed by atoms with E-state index in [2.05, 4.69) is 0 Å². The van der Waals surface area contributed by atoms with Gasteiger partial charge in [-0.25, -0.2) is 8.78 Å². The molecule has 1 atom stereocenters. The van der Waals surface area contributed by atoms with Crippen LogP contribution in [0.3, 0.4) is 0 Å². The molecule has 0 aliphatic heterocycles. The van der Waals surface area contributed by atoms with Gasteiger partial charge in [0.1, 0.15) is 0 Å². The van der Waals surface area contributed by atoms with Crippen molar-refractivity contribution in [1.82, 2.24) is 0 Å². The SMILES string of the molecule is O=C(O)C(c1ccccc1)(C(F)F)P(=O)(O)O. The lowest BCUT2D eigenvalue weighted by Gasteiger charge is -2.29. The number of carbonyl (C=O) groups is 1. The number of aliphatic carboxylic acids is 1. The van der Waals surface area contributed by atoms with Gasteiger partial charge in [-0.05, 0) is 5.56 Å². The van der Waals surface area contributed by atoms with Crippen LogP contribution in [0.25, 0.3) is 0 Å². The Morgan fingerprint density at radius 3 is 2.00 bits per heavy atom. The molecule has 0 amide bonds. The molecule has 0 saturated carbocycles. The van der Waals surface area contributed by atoms with Crippen molar-refractivity contribution in [3.63, 3.8) is 0 Å². The van der Waals surface area contributed by atoms with Gasteiger partial charge in [-0.1, -0.05) is 30.3 Å². The Morgan fingerprint density at radius 1 is 1.24 bits per heavy atom. The number of rotatable bonds is 4. The van der Waals surface area contributed by atoms with Crippen LogP contribution in [0.5, 0.6) is 0 Å². The lowest BCUT2D eigenvalue weighted by atomic mass is 9.99. The Hall–Kier alpha value is -1.30. The number of carboxylic acids is 1. The van der Waals surface area contributed by atoms with E-state index in [1.165, 1.54) is 18.2 Å². The molecule has 0 fully saturated rings. The maximum absolute atomic E-state index is 12.9. The number of hydrogen-bond donors (Lipinski definition) is 3. The first-order valence-electron chi connectivity index (χ1n) is 4.37. The second-order valence-electron chi connectivity index (χ2n) is 3.28. The van der Waals surface area contributed by atoms with E-state index >= 15 is 0 Å². The van der Waals surface area contributed by atoms with E-state index in [4.69, 9.17) is 14.9 Å². The fraction of sp³-hybridized carbons (Fsp3) is 0.222. The lowest BCUT2D eigenvalue weighted by molar-refractivity contribution is -0.146. The van der Waals surface area contributed by atoms with Gasteiger partial charge in [-0.3, -0.25) is 9.36 Å². The first-order valence-corrected chi connectivity index (χ1v) is 5.98. The average molecular weight is 266 g/mol. The van der Waals surface area contributed by atoms with Gasteiger partial charge in [0, 0.05) is 0 Å². The summed E-state index contributed by atoms with van der Waals surface area (Å²) in [6, 6.07) is 5.76. The molecule has 0 aliphatic carbocycles. The third-order valence-electron chi connectivity index (χ3n) is 2.32. The van der Waals surface area contributed by atoms with Gasteiger partial charge in [0.25, 0.3) is 11.6 Å². The molecule has 0 aliphatic rings. The third-order valence-corrected chi connectivity index (χ3v) is 3.88. The number of benzene rings is 1. The van der Waals surface area contributed by atoms with Crippen molar-refractivity contribution in [2.75, 3.05) is 0 Å². The molecule has 1 aromatic rings. The normalized spacial score (nSPS) is 15.6. The highest BCUT2D eigenvalue weighted by Crippen LogP contribution is 2.60. The van der Waals surface area contributed by atoms with E-state index in [1.807, 2.05) is 0 Å². The number of alkyl halides is 2. The van der Waals surface area contributed by atoms with Crippen LogP contribution in [0.1, 0.15) is 5.56 Å². The standard InChI is InChI=1S/C9H9F2O5P/c10-7(11)9(8(12)13,17(14,15)16)6-4-2-1-3-5-6/h1-5,7H,(H,12,13)(H2,14,15,16). The van der Waals surface area contributed by atoms with Crippen LogP contribution in [-0.4, -0.2) is 27.3 Å². The number of halogens is 2. The zero-order valence-electron chi connectivity index (χ0n) is 8.33. The van der Waals surface area contributed by atoms with Crippen LogP contribution in [0.2, 0.25) is 0 Å². The van der Waals surface area contributed by atoms with Crippen LogP contribution >= 0.6 is 7.60 Å². The van der Waals surface area contributed by atoms with Crippen molar-refractivity contribution in [2.45, 2.75) is 11.6 Å². The van der Waals surface area contributed by atoms with Crippen molar-refractivity contribution in [3.8, 4) is 0 Å². The highest BCUT2D eigenvalue weighted by atomic mass is 31.2. The van der Waals surface area contributed by atoms with Gasteiger partial charge in [-0.15, -0.1) is 0 Å². The van der Waals surface area contributed by atoms with E-state index in [0.717, 1.165) is 12.1 Å². The fourth-order valence-electron chi connectivity index (χ4n) is 1.45.